The van der Waals surface area contributed by atoms with Gasteiger partial charge in [0, 0.05) is 10.6 Å². The Kier molecular flexibility index (Phi) is 4.22. The van der Waals surface area contributed by atoms with Crippen molar-refractivity contribution in [2.24, 2.45) is 0 Å². The number of carbonyl (C=O) groups is 1. The van der Waals surface area contributed by atoms with Gasteiger partial charge in [-0.25, -0.2) is 9.18 Å². The number of aryl methyl sites for hydroxylation is 1. The molecule has 0 radical (unpaired) electrons. The molecule has 0 aromatic heterocycles. The van der Waals surface area contributed by atoms with E-state index < -0.39 is 11.8 Å². The maximum absolute atomic E-state index is 13.7. The molecule has 4 heteroatoms. The molecule has 2 aromatic rings. The average Bonchev–Trinajstić information content (AvgIpc) is 2.39. The highest BCUT2D eigenvalue weighted by atomic mass is 32.2. The number of carboxylic acids is 1. The van der Waals surface area contributed by atoms with E-state index in [0.717, 1.165) is 16.5 Å². The molecule has 0 unspecified atom stereocenters. The number of hydrogen-bond acceptors (Lipinski definition) is 2. The second-order valence-electron chi connectivity index (χ2n) is 4.17. The Morgan fingerprint density at radius 2 is 2.00 bits per heavy atom. The second kappa shape index (κ2) is 5.89. The fourth-order valence-corrected chi connectivity index (χ4v) is 2.69. The van der Waals surface area contributed by atoms with Crippen LogP contribution in [0.1, 0.15) is 21.5 Å². The molecule has 0 aliphatic carbocycles. The van der Waals surface area contributed by atoms with Crippen LogP contribution in [-0.2, 0) is 5.75 Å². The fourth-order valence-electron chi connectivity index (χ4n) is 1.67. The Hall–Kier alpha value is -1.81. The van der Waals surface area contributed by atoms with Crippen molar-refractivity contribution >= 4 is 17.7 Å². The quantitative estimate of drug-likeness (QED) is 0.853. The summed E-state index contributed by atoms with van der Waals surface area (Å²) in [6.45, 7) is 2.01. The molecule has 0 aliphatic rings. The zero-order valence-corrected chi connectivity index (χ0v) is 11.2. The molecule has 1 N–H and O–H groups in total. The van der Waals surface area contributed by atoms with Gasteiger partial charge >= 0.3 is 5.97 Å². The maximum atomic E-state index is 13.7. The highest BCUT2D eigenvalue weighted by molar-refractivity contribution is 7.98. The lowest BCUT2D eigenvalue weighted by atomic mass is 10.1. The summed E-state index contributed by atoms with van der Waals surface area (Å²) in [6.07, 6.45) is 0. The highest BCUT2D eigenvalue weighted by Crippen LogP contribution is 2.26. The predicted octanol–water partition coefficient (Wildman–Crippen LogP) is 4.12. The van der Waals surface area contributed by atoms with Gasteiger partial charge in [0.1, 0.15) is 5.82 Å². The molecular formula is C15H13FO2S. The van der Waals surface area contributed by atoms with Crippen LogP contribution in [0.4, 0.5) is 4.39 Å². The third kappa shape index (κ3) is 3.35. The zero-order valence-electron chi connectivity index (χ0n) is 10.4. The standard InChI is InChI=1S/C15H13FO2S/c1-10-4-2-3-5-14(10)19-9-12-7-6-11(15(17)18)8-13(12)16/h2-8H,9H2,1H3,(H,17,18). The summed E-state index contributed by atoms with van der Waals surface area (Å²) in [5.41, 5.74) is 1.63. The first-order chi connectivity index (χ1) is 9.08. The van der Waals surface area contributed by atoms with Crippen molar-refractivity contribution in [3.05, 3.63) is 65.0 Å². The van der Waals surface area contributed by atoms with E-state index in [1.54, 1.807) is 11.8 Å². The molecule has 0 amide bonds. The van der Waals surface area contributed by atoms with Gasteiger partial charge in [0.2, 0.25) is 0 Å². The number of hydrogen-bond donors (Lipinski definition) is 1. The van der Waals surface area contributed by atoms with Gasteiger partial charge in [-0.15, -0.1) is 11.8 Å². The van der Waals surface area contributed by atoms with Crippen LogP contribution in [0.15, 0.2) is 47.4 Å². The Bertz CT molecular complexity index is 611. The molecule has 2 rings (SSSR count). The summed E-state index contributed by atoms with van der Waals surface area (Å²) >= 11 is 1.54. The third-order valence-electron chi connectivity index (χ3n) is 2.78. The molecule has 98 valence electrons. The van der Waals surface area contributed by atoms with Crippen molar-refractivity contribution in [2.75, 3.05) is 0 Å². The summed E-state index contributed by atoms with van der Waals surface area (Å²) in [4.78, 5) is 11.8. The predicted molar refractivity (Wildman–Crippen MR) is 74.1 cm³/mol. The van der Waals surface area contributed by atoms with Crippen LogP contribution < -0.4 is 0 Å². The van der Waals surface area contributed by atoms with Crippen LogP contribution in [0.2, 0.25) is 0 Å². The Morgan fingerprint density at radius 1 is 1.26 bits per heavy atom. The van der Waals surface area contributed by atoms with Gasteiger partial charge in [0.25, 0.3) is 0 Å². The van der Waals surface area contributed by atoms with Crippen molar-refractivity contribution in [3.8, 4) is 0 Å². The normalized spacial score (nSPS) is 10.4. The molecule has 0 bridgehead atoms. The van der Waals surface area contributed by atoms with E-state index in [4.69, 9.17) is 5.11 Å². The lowest BCUT2D eigenvalue weighted by Crippen LogP contribution is -1.98. The van der Waals surface area contributed by atoms with Gasteiger partial charge in [-0.3, -0.25) is 0 Å². The first-order valence-electron chi connectivity index (χ1n) is 5.78. The van der Waals surface area contributed by atoms with Gasteiger partial charge in [0.05, 0.1) is 5.56 Å². The number of carboxylic acid groups (broad SMARTS) is 1. The van der Waals surface area contributed by atoms with Crippen LogP contribution in [0.25, 0.3) is 0 Å². The van der Waals surface area contributed by atoms with E-state index in [9.17, 15) is 9.18 Å². The van der Waals surface area contributed by atoms with Gasteiger partial charge in [-0.05, 0) is 36.2 Å². The lowest BCUT2D eigenvalue weighted by Gasteiger charge is -2.06. The summed E-state index contributed by atoms with van der Waals surface area (Å²) in [5.74, 6) is -1.10. The fraction of sp³-hybridized carbons (Fsp3) is 0.133. The molecular weight excluding hydrogens is 263 g/mol. The first kappa shape index (κ1) is 13.6. The summed E-state index contributed by atoms with van der Waals surface area (Å²) in [6, 6.07) is 11.9. The van der Waals surface area contributed by atoms with Crippen LogP contribution in [0.5, 0.6) is 0 Å². The zero-order chi connectivity index (χ0) is 13.8. The van der Waals surface area contributed by atoms with Crippen LogP contribution in [-0.4, -0.2) is 11.1 Å². The molecule has 0 saturated carbocycles. The minimum Gasteiger partial charge on any atom is -0.478 e. The Labute approximate surface area is 115 Å². The minimum absolute atomic E-state index is 0.0258. The van der Waals surface area contributed by atoms with Crippen molar-refractivity contribution in [3.63, 3.8) is 0 Å². The topological polar surface area (TPSA) is 37.3 Å². The minimum atomic E-state index is -1.11. The number of benzene rings is 2. The maximum Gasteiger partial charge on any atom is 0.335 e. The van der Waals surface area contributed by atoms with Gasteiger partial charge in [-0.1, -0.05) is 24.3 Å². The van der Waals surface area contributed by atoms with Crippen LogP contribution in [0, 0.1) is 12.7 Å². The van der Waals surface area contributed by atoms with E-state index in [2.05, 4.69) is 0 Å². The number of rotatable bonds is 4. The van der Waals surface area contributed by atoms with E-state index in [1.807, 2.05) is 31.2 Å². The highest BCUT2D eigenvalue weighted by Gasteiger charge is 2.09. The van der Waals surface area contributed by atoms with Crippen molar-refractivity contribution in [1.29, 1.82) is 0 Å². The molecule has 2 aromatic carbocycles. The largest absolute Gasteiger partial charge is 0.478 e. The van der Waals surface area contributed by atoms with E-state index in [1.165, 1.54) is 12.1 Å². The van der Waals surface area contributed by atoms with Crippen LogP contribution in [0.3, 0.4) is 0 Å². The molecule has 0 heterocycles. The number of thioether (sulfide) groups is 1. The van der Waals surface area contributed by atoms with Gasteiger partial charge in [0.15, 0.2) is 0 Å². The molecule has 0 saturated heterocycles. The molecule has 0 aliphatic heterocycles. The molecule has 2 nitrogen and oxygen atoms in total. The van der Waals surface area contributed by atoms with Crippen molar-refractivity contribution in [1.82, 2.24) is 0 Å². The van der Waals surface area contributed by atoms with E-state index in [0.29, 0.717) is 11.3 Å². The molecule has 0 spiro atoms. The smallest absolute Gasteiger partial charge is 0.335 e. The molecule has 19 heavy (non-hydrogen) atoms. The lowest BCUT2D eigenvalue weighted by molar-refractivity contribution is 0.0696. The summed E-state index contributed by atoms with van der Waals surface area (Å²) in [7, 11) is 0. The molecule has 0 fully saturated rings. The second-order valence-corrected chi connectivity index (χ2v) is 5.18. The number of aromatic carboxylic acids is 1. The summed E-state index contributed by atoms with van der Waals surface area (Å²) in [5, 5.41) is 8.77. The Balaban J connectivity index is 2.12. The summed E-state index contributed by atoms with van der Waals surface area (Å²) < 4.78 is 13.7. The third-order valence-corrected chi connectivity index (χ3v) is 4.00. The van der Waals surface area contributed by atoms with Gasteiger partial charge < -0.3 is 5.11 Å². The number of halogens is 1. The van der Waals surface area contributed by atoms with Crippen LogP contribution >= 0.6 is 11.8 Å². The molecule has 0 atom stereocenters. The van der Waals surface area contributed by atoms with Crippen molar-refractivity contribution in [2.45, 2.75) is 17.6 Å². The average molecular weight is 276 g/mol. The van der Waals surface area contributed by atoms with Crippen molar-refractivity contribution < 1.29 is 14.3 Å². The Morgan fingerprint density at radius 3 is 2.63 bits per heavy atom. The van der Waals surface area contributed by atoms with E-state index >= 15 is 0 Å². The van der Waals surface area contributed by atoms with E-state index in [-0.39, 0.29) is 5.56 Å². The van der Waals surface area contributed by atoms with Gasteiger partial charge in [-0.2, -0.15) is 0 Å². The first-order valence-corrected chi connectivity index (χ1v) is 6.76. The SMILES string of the molecule is Cc1ccccc1SCc1ccc(C(=O)O)cc1F. The monoisotopic (exact) mass is 276 g/mol.